The molecule has 0 radical (unpaired) electrons. The van der Waals surface area contributed by atoms with Gasteiger partial charge in [-0.2, -0.15) is 0 Å². The Balaban J connectivity index is 1.89. The largest absolute Gasteiger partial charge is 0.385 e. The highest BCUT2D eigenvalue weighted by Crippen LogP contribution is 2.19. The van der Waals surface area contributed by atoms with Gasteiger partial charge in [0.15, 0.2) is 9.84 Å². The summed E-state index contributed by atoms with van der Waals surface area (Å²) in [5.74, 6) is 1.64. The number of methoxy groups -OCH3 is 1. The van der Waals surface area contributed by atoms with Crippen molar-refractivity contribution < 1.29 is 13.2 Å². The van der Waals surface area contributed by atoms with Gasteiger partial charge in [-0.1, -0.05) is 0 Å². The molecule has 1 unspecified atom stereocenters. The number of nitrogens with zero attached hydrogens (tertiary/aromatic N) is 2. The number of rotatable bonds is 7. The first kappa shape index (κ1) is 15.3. The van der Waals surface area contributed by atoms with E-state index in [4.69, 9.17) is 4.74 Å². The summed E-state index contributed by atoms with van der Waals surface area (Å²) in [5.41, 5.74) is 0.962. The first-order valence-corrected chi connectivity index (χ1v) is 8.79. The summed E-state index contributed by atoms with van der Waals surface area (Å²) < 4.78 is 30.0. The highest BCUT2D eigenvalue weighted by Gasteiger charge is 2.27. The number of hydrogen-bond acceptors (Lipinski definition) is 5. The average molecular weight is 301 g/mol. The number of aromatic nitrogens is 2. The molecule has 0 bridgehead atoms. The fourth-order valence-electron chi connectivity index (χ4n) is 2.51. The van der Waals surface area contributed by atoms with Crippen molar-refractivity contribution in [2.75, 3.05) is 37.1 Å². The van der Waals surface area contributed by atoms with Gasteiger partial charge in [0.05, 0.1) is 17.2 Å². The van der Waals surface area contributed by atoms with Crippen LogP contribution in [0.25, 0.3) is 0 Å². The number of anilines is 1. The minimum Gasteiger partial charge on any atom is -0.385 e. The SMILES string of the molecule is COCCCn1cc(C)nc1NCC1CCS(=O)(=O)C1. The summed E-state index contributed by atoms with van der Waals surface area (Å²) in [5, 5.41) is 3.29. The second kappa shape index (κ2) is 6.58. The van der Waals surface area contributed by atoms with E-state index in [1.54, 1.807) is 7.11 Å². The normalized spacial score (nSPS) is 21.2. The van der Waals surface area contributed by atoms with Gasteiger partial charge in [0.25, 0.3) is 0 Å². The van der Waals surface area contributed by atoms with Crippen LogP contribution in [0.15, 0.2) is 6.20 Å². The van der Waals surface area contributed by atoms with Crippen molar-refractivity contribution in [3.05, 3.63) is 11.9 Å². The zero-order valence-electron chi connectivity index (χ0n) is 12.1. The van der Waals surface area contributed by atoms with Crippen LogP contribution in [0.1, 0.15) is 18.5 Å². The summed E-state index contributed by atoms with van der Waals surface area (Å²) in [4.78, 5) is 4.45. The van der Waals surface area contributed by atoms with Gasteiger partial charge in [-0.25, -0.2) is 13.4 Å². The third-order valence-corrected chi connectivity index (χ3v) is 5.36. The predicted octanol–water partition coefficient (Wildman–Crippen LogP) is 1.07. The molecule has 1 atom stereocenters. The molecular formula is C13H23N3O3S. The molecule has 1 aliphatic heterocycles. The molecule has 1 fully saturated rings. The lowest BCUT2D eigenvalue weighted by molar-refractivity contribution is 0.190. The standard InChI is InChI=1S/C13H23N3O3S/c1-11-9-16(5-3-6-19-2)13(15-11)14-8-12-4-7-20(17,18)10-12/h9,12H,3-8,10H2,1-2H3,(H,14,15). The van der Waals surface area contributed by atoms with E-state index in [1.165, 1.54) is 0 Å². The molecule has 1 aliphatic rings. The maximum absolute atomic E-state index is 11.4. The van der Waals surface area contributed by atoms with Crippen LogP contribution in [0.2, 0.25) is 0 Å². The fourth-order valence-corrected chi connectivity index (χ4v) is 4.37. The van der Waals surface area contributed by atoms with E-state index >= 15 is 0 Å². The second-order valence-electron chi connectivity index (χ2n) is 5.40. The first-order chi connectivity index (χ1) is 9.50. The predicted molar refractivity (Wildman–Crippen MR) is 78.7 cm³/mol. The zero-order chi connectivity index (χ0) is 14.6. The lowest BCUT2D eigenvalue weighted by Gasteiger charge is -2.12. The molecule has 114 valence electrons. The maximum atomic E-state index is 11.4. The van der Waals surface area contributed by atoms with Gasteiger partial charge < -0.3 is 14.6 Å². The van der Waals surface area contributed by atoms with E-state index in [0.29, 0.717) is 18.1 Å². The molecule has 0 aliphatic carbocycles. The quantitative estimate of drug-likeness (QED) is 0.763. The van der Waals surface area contributed by atoms with Gasteiger partial charge in [0, 0.05) is 33.0 Å². The number of imidazole rings is 1. The van der Waals surface area contributed by atoms with Gasteiger partial charge in [-0.3, -0.25) is 0 Å². The van der Waals surface area contributed by atoms with E-state index in [2.05, 4.69) is 14.9 Å². The lowest BCUT2D eigenvalue weighted by Crippen LogP contribution is -2.18. The third-order valence-electron chi connectivity index (χ3n) is 3.52. The van der Waals surface area contributed by atoms with E-state index in [9.17, 15) is 8.42 Å². The van der Waals surface area contributed by atoms with Gasteiger partial charge >= 0.3 is 0 Å². The molecule has 20 heavy (non-hydrogen) atoms. The number of hydrogen-bond donors (Lipinski definition) is 1. The summed E-state index contributed by atoms with van der Waals surface area (Å²) in [7, 11) is -1.11. The summed E-state index contributed by atoms with van der Waals surface area (Å²) >= 11 is 0. The summed E-state index contributed by atoms with van der Waals surface area (Å²) in [6.45, 7) is 4.19. The average Bonchev–Trinajstić information content (AvgIpc) is 2.90. The Morgan fingerprint density at radius 2 is 2.35 bits per heavy atom. The van der Waals surface area contributed by atoms with E-state index in [0.717, 1.165) is 37.6 Å². The molecule has 7 heteroatoms. The Morgan fingerprint density at radius 1 is 1.55 bits per heavy atom. The van der Waals surface area contributed by atoms with Crippen LogP contribution < -0.4 is 5.32 Å². The van der Waals surface area contributed by atoms with Crippen molar-refractivity contribution >= 4 is 15.8 Å². The van der Waals surface area contributed by atoms with Crippen LogP contribution >= 0.6 is 0 Å². The monoisotopic (exact) mass is 301 g/mol. The highest BCUT2D eigenvalue weighted by atomic mass is 32.2. The van der Waals surface area contributed by atoms with Gasteiger partial charge in [-0.15, -0.1) is 0 Å². The summed E-state index contributed by atoms with van der Waals surface area (Å²) in [6, 6.07) is 0. The Kier molecular flexibility index (Phi) is 5.04. The number of aryl methyl sites for hydroxylation is 2. The second-order valence-corrected chi connectivity index (χ2v) is 7.62. The molecular weight excluding hydrogens is 278 g/mol. The van der Waals surface area contributed by atoms with Crippen LogP contribution in [0, 0.1) is 12.8 Å². The molecule has 2 rings (SSSR count). The van der Waals surface area contributed by atoms with Crippen LogP contribution in [0.4, 0.5) is 5.95 Å². The molecule has 2 heterocycles. The topological polar surface area (TPSA) is 73.2 Å². The minimum atomic E-state index is -2.81. The molecule has 1 saturated heterocycles. The molecule has 1 aromatic heterocycles. The van der Waals surface area contributed by atoms with Gasteiger partial charge in [0.2, 0.25) is 5.95 Å². The van der Waals surface area contributed by atoms with Gasteiger partial charge in [-0.05, 0) is 25.7 Å². The Morgan fingerprint density at radius 3 is 3.00 bits per heavy atom. The molecule has 1 N–H and O–H groups in total. The van der Waals surface area contributed by atoms with Crippen molar-refractivity contribution in [1.29, 1.82) is 0 Å². The Bertz CT molecular complexity index is 539. The van der Waals surface area contributed by atoms with Crippen molar-refractivity contribution in [2.24, 2.45) is 5.92 Å². The van der Waals surface area contributed by atoms with Crippen molar-refractivity contribution in [2.45, 2.75) is 26.3 Å². The molecule has 0 saturated carbocycles. The van der Waals surface area contributed by atoms with Crippen molar-refractivity contribution in [3.63, 3.8) is 0 Å². The Hall–Kier alpha value is -1.08. The van der Waals surface area contributed by atoms with Crippen LogP contribution in [0.5, 0.6) is 0 Å². The fraction of sp³-hybridized carbons (Fsp3) is 0.769. The molecule has 6 nitrogen and oxygen atoms in total. The molecule has 1 aromatic rings. The third kappa shape index (κ3) is 4.21. The molecule has 0 aromatic carbocycles. The number of sulfone groups is 1. The maximum Gasteiger partial charge on any atom is 0.203 e. The van der Waals surface area contributed by atoms with E-state index in [-0.39, 0.29) is 5.92 Å². The van der Waals surface area contributed by atoms with E-state index in [1.807, 2.05) is 13.1 Å². The van der Waals surface area contributed by atoms with Crippen LogP contribution in [-0.4, -0.2) is 49.7 Å². The van der Waals surface area contributed by atoms with Crippen LogP contribution in [-0.2, 0) is 21.1 Å². The number of nitrogens with one attached hydrogen (secondary N) is 1. The highest BCUT2D eigenvalue weighted by molar-refractivity contribution is 7.91. The summed E-state index contributed by atoms with van der Waals surface area (Å²) in [6.07, 6.45) is 3.68. The van der Waals surface area contributed by atoms with Gasteiger partial charge in [0.1, 0.15) is 0 Å². The molecule has 0 amide bonds. The van der Waals surface area contributed by atoms with Crippen LogP contribution in [0.3, 0.4) is 0 Å². The smallest absolute Gasteiger partial charge is 0.203 e. The van der Waals surface area contributed by atoms with E-state index < -0.39 is 9.84 Å². The Labute approximate surface area is 120 Å². The van der Waals surface area contributed by atoms with Crippen molar-refractivity contribution in [3.8, 4) is 0 Å². The molecule has 0 spiro atoms. The number of ether oxygens (including phenoxy) is 1. The zero-order valence-corrected chi connectivity index (χ0v) is 12.9. The first-order valence-electron chi connectivity index (χ1n) is 6.97. The minimum absolute atomic E-state index is 0.199. The van der Waals surface area contributed by atoms with Crippen molar-refractivity contribution in [1.82, 2.24) is 9.55 Å². The lowest BCUT2D eigenvalue weighted by atomic mass is 10.1.